The van der Waals surface area contributed by atoms with E-state index in [0.717, 1.165) is 37.8 Å². The minimum Gasteiger partial charge on any atom is -0.325 e. The highest BCUT2D eigenvalue weighted by Crippen LogP contribution is 2.36. The maximum absolute atomic E-state index is 12.5. The van der Waals surface area contributed by atoms with Gasteiger partial charge in [-0.3, -0.25) is 9.78 Å². The maximum Gasteiger partial charge on any atom is 0.224 e. The molecule has 3 nitrogen and oxygen atoms in total. The Morgan fingerprint density at radius 2 is 1.50 bits per heavy atom. The Kier molecular flexibility index (Phi) is 6.28. The van der Waals surface area contributed by atoms with Gasteiger partial charge in [0.15, 0.2) is 0 Å². The molecule has 2 aliphatic rings. The van der Waals surface area contributed by atoms with Crippen LogP contribution in [0, 0.1) is 0 Å². The first-order valence-electron chi connectivity index (χ1n) is 10.1. The highest BCUT2D eigenvalue weighted by molar-refractivity contribution is 5.92. The summed E-state index contributed by atoms with van der Waals surface area (Å²) < 4.78 is 0. The van der Waals surface area contributed by atoms with Crippen LogP contribution in [-0.4, -0.2) is 10.9 Å². The molecular formula is C21H32N2O. The molecule has 24 heavy (non-hydrogen) atoms. The van der Waals surface area contributed by atoms with Crippen LogP contribution in [-0.2, 0) is 30.5 Å². The zero-order valence-corrected chi connectivity index (χ0v) is 15.3. The van der Waals surface area contributed by atoms with Gasteiger partial charge < -0.3 is 5.32 Å². The van der Waals surface area contributed by atoms with Gasteiger partial charge in [-0.1, -0.05) is 39.0 Å². The van der Waals surface area contributed by atoms with E-state index in [1.54, 1.807) is 0 Å². The molecule has 1 heterocycles. The summed E-state index contributed by atoms with van der Waals surface area (Å²) in [5.41, 5.74) is 6.36. The summed E-state index contributed by atoms with van der Waals surface area (Å²) in [6, 6.07) is 0. The fourth-order valence-electron chi connectivity index (χ4n) is 4.17. The second-order valence-electron chi connectivity index (χ2n) is 7.46. The quantitative estimate of drug-likeness (QED) is 0.671. The molecule has 132 valence electrons. The molecule has 0 unspecified atom stereocenters. The van der Waals surface area contributed by atoms with Crippen LogP contribution in [0.25, 0.3) is 0 Å². The van der Waals surface area contributed by atoms with E-state index in [1.807, 2.05) is 0 Å². The number of rotatable bonds is 8. The van der Waals surface area contributed by atoms with Gasteiger partial charge in [0, 0.05) is 17.8 Å². The van der Waals surface area contributed by atoms with Crippen molar-refractivity contribution in [2.24, 2.45) is 0 Å². The number of carbonyl (C=O) groups is 1. The van der Waals surface area contributed by atoms with Gasteiger partial charge in [0.05, 0.1) is 5.69 Å². The van der Waals surface area contributed by atoms with E-state index in [1.165, 1.54) is 73.9 Å². The number of aromatic nitrogens is 1. The minimum absolute atomic E-state index is 0.207. The summed E-state index contributed by atoms with van der Waals surface area (Å²) in [5, 5.41) is 3.29. The van der Waals surface area contributed by atoms with Crippen LogP contribution in [0.4, 0.5) is 5.69 Å². The number of fused-ring (bicyclic) bond motifs is 2. The Balaban J connectivity index is 1.60. The van der Waals surface area contributed by atoms with Crippen molar-refractivity contribution in [1.29, 1.82) is 0 Å². The number of hydrogen-bond donors (Lipinski definition) is 1. The maximum atomic E-state index is 12.5. The highest BCUT2D eigenvalue weighted by Gasteiger charge is 2.25. The first-order chi connectivity index (χ1) is 11.8. The van der Waals surface area contributed by atoms with Crippen molar-refractivity contribution in [2.75, 3.05) is 5.32 Å². The van der Waals surface area contributed by atoms with Crippen LogP contribution >= 0.6 is 0 Å². The number of nitrogens with zero attached hydrogens (tertiary/aromatic N) is 1. The lowest BCUT2D eigenvalue weighted by molar-refractivity contribution is -0.116. The molecule has 0 radical (unpaired) electrons. The predicted molar refractivity (Wildman–Crippen MR) is 99.5 cm³/mol. The van der Waals surface area contributed by atoms with Crippen molar-refractivity contribution < 1.29 is 4.79 Å². The molecule has 0 saturated carbocycles. The molecular weight excluding hydrogens is 296 g/mol. The van der Waals surface area contributed by atoms with Gasteiger partial charge in [-0.25, -0.2) is 0 Å². The number of anilines is 1. The number of nitrogens with one attached hydrogen (secondary N) is 1. The van der Waals surface area contributed by atoms with Crippen LogP contribution < -0.4 is 5.32 Å². The Labute approximate surface area is 146 Å². The average Bonchev–Trinajstić information content (AvgIpc) is 3.06. The molecule has 0 aliphatic heterocycles. The van der Waals surface area contributed by atoms with Gasteiger partial charge in [-0.15, -0.1) is 0 Å². The smallest absolute Gasteiger partial charge is 0.224 e. The fraction of sp³-hybridized carbons (Fsp3) is 0.714. The molecule has 1 N–H and O–H groups in total. The number of hydrogen-bond acceptors (Lipinski definition) is 2. The summed E-state index contributed by atoms with van der Waals surface area (Å²) in [7, 11) is 0. The largest absolute Gasteiger partial charge is 0.325 e. The van der Waals surface area contributed by atoms with Crippen molar-refractivity contribution in [2.45, 2.75) is 96.8 Å². The summed E-state index contributed by atoms with van der Waals surface area (Å²) in [6.07, 6.45) is 16.0. The average molecular weight is 329 g/mol. The summed E-state index contributed by atoms with van der Waals surface area (Å²) in [4.78, 5) is 17.4. The molecule has 2 aliphatic carbocycles. The third-order valence-electron chi connectivity index (χ3n) is 5.52. The molecule has 0 bridgehead atoms. The van der Waals surface area contributed by atoms with Crippen LogP contribution in [0.5, 0.6) is 0 Å². The Bertz CT molecular complexity index is 580. The second-order valence-corrected chi connectivity index (χ2v) is 7.46. The first-order valence-corrected chi connectivity index (χ1v) is 10.1. The van der Waals surface area contributed by atoms with Crippen LogP contribution in [0.1, 0.15) is 93.6 Å². The third kappa shape index (κ3) is 4.17. The van der Waals surface area contributed by atoms with Crippen molar-refractivity contribution in [3.63, 3.8) is 0 Å². The number of pyridine rings is 1. The zero-order valence-electron chi connectivity index (χ0n) is 15.3. The molecule has 3 rings (SSSR count). The molecule has 0 aromatic carbocycles. The molecule has 1 aromatic rings. The van der Waals surface area contributed by atoms with Crippen LogP contribution in [0.2, 0.25) is 0 Å². The van der Waals surface area contributed by atoms with Gasteiger partial charge in [-0.05, 0) is 62.5 Å². The monoisotopic (exact) mass is 328 g/mol. The predicted octanol–water partition coefficient (Wildman–Crippen LogP) is 5.14. The number of amides is 1. The molecule has 0 spiro atoms. The van der Waals surface area contributed by atoms with Crippen LogP contribution in [0.3, 0.4) is 0 Å². The van der Waals surface area contributed by atoms with E-state index < -0.39 is 0 Å². The lowest BCUT2D eigenvalue weighted by Crippen LogP contribution is -2.18. The van der Waals surface area contributed by atoms with Gasteiger partial charge in [0.25, 0.3) is 0 Å². The molecule has 1 aromatic heterocycles. The Morgan fingerprint density at radius 3 is 2.29 bits per heavy atom. The summed E-state index contributed by atoms with van der Waals surface area (Å²) in [6.45, 7) is 2.24. The minimum atomic E-state index is 0.207. The molecule has 1 amide bonds. The van der Waals surface area contributed by atoms with Crippen LogP contribution in [0.15, 0.2) is 0 Å². The molecule has 0 atom stereocenters. The van der Waals surface area contributed by atoms with Gasteiger partial charge >= 0.3 is 0 Å². The van der Waals surface area contributed by atoms with Gasteiger partial charge in [-0.2, -0.15) is 0 Å². The summed E-state index contributed by atoms with van der Waals surface area (Å²) >= 11 is 0. The Morgan fingerprint density at radius 1 is 0.875 bits per heavy atom. The van der Waals surface area contributed by atoms with E-state index in [9.17, 15) is 4.79 Å². The number of unbranched alkanes of at least 4 members (excludes halogenated alkanes) is 5. The lowest BCUT2D eigenvalue weighted by atomic mass is 9.92. The zero-order chi connectivity index (χ0) is 16.8. The first kappa shape index (κ1) is 17.4. The van der Waals surface area contributed by atoms with Gasteiger partial charge in [0.1, 0.15) is 0 Å². The van der Waals surface area contributed by atoms with Gasteiger partial charge in [0.2, 0.25) is 5.91 Å². The van der Waals surface area contributed by atoms with Crippen molar-refractivity contribution >= 4 is 11.6 Å². The van der Waals surface area contributed by atoms with E-state index in [2.05, 4.69) is 12.2 Å². The highest BCUT2D eigenvalue weighted by atomic mass is 16.1. The fourth-order valence-corrected chi connectivity index (χ4v) is 4.17. The lowest BCUT2D eigenvalue weighted by Gasteiger charge is -2.22. The van der Waals surface area contributed by atoms with E-state index >= 15 is 0 Å². The summed E-state index contributed by atoms with van der Waals surface area (Å²) in [5.74, 6) is 0.207. The molecule has 0 fully saturated rings. The number of carbonyl (C=O) groups excluding carboxylic acids is 1. The number of aryl methyl sites for hydroxylation is 2. The normalized spacial score (nSPS) is 15.9. The van der Waals surface area contributed by atoms with Crippen molar-refractivity contribution in [1.82, 2.24) is 4.98 Å². The second kappa shape index (κ2) is 8.64. The molecule has 0 saturated heterocycles. The molecule has 3 heteroatoms. The van der Waals surface area contributed by atoms with E-state index in [4.69, 9.17) is 4.98 Å². The van der Waals surface area contributed by atoms with E-state index in [-0.39, 0.29) is 5.91 Å². The van der Waals surface area contributed by atoms with Crippen molar-refractivity contribution in [3.05, 3.63) is 22.5 Å². The van der Waals surface area contributed by atoms with Crippen molar-refractivity contribution in [3.8, 4) is 0 Å². The topological polar surface area (TPSA) is 42.0 Å². The third-order valence-corrected chi connectivity index (χ3v) is 5.52. The SMILES string of the molecule is CCCCCCCCC(=O)Nc1c2c(nc3c1CCC3)CCCC2. The standard InChI is InChI=1S/C21H32N2O/c1-2-3-4-5-6-7-15-20(24)23-21-16-11-8-9-13-18(16)22-19-14-10-12-17(19)21/h2-15H2,1H3,(H,22,23,24). The Hall–Kier alpha value is -1.38. The van der Waals surface area contributed by atoms with E-state index in [0.29, 0.717) is 6.42 Å².